The molecule has 0 heterocycles. The lowest BCUT2D eigenvalue weighted by Gasteiger charge is -2.14. The Hall–Kier alpha value is -3.89. The van der Waals surface area contributed by atoms with Crippen LogP contribution in [-0.4, -0.2) is 17.9 Å². The molecule has 0 radical (unpaired) electrons. The maximum Gasteiger partial charge on any atom is 0.416 e. The zero-order chi connectivity index (χ0) is 27.3. The molecule has 3 rings (SSSR count). The number of carbonyl (C=O) groups is 1. The number of ether oxygens (including phenoxy) is 2. The van der Waals surface area contributed by atoms with Crippen molar-refractivity contribution in [1.82, 2.24) is 0 Å². The first-order chi connectivity index (χ1) is 17.4. The van der Waals surface area contributed by atoms with Gasteiger partial charge in [0.25, 0.3) is 5.91 Å². The summed E-state index contributed by atoms with van der Waals surface area (Å²) < 4.78 is 50.6. The maximum atomic E-state index is 13.1. The summed E-state index contributed by atoms with van der Waals surface area (Å²) in [4.78, 5) is 23.2. The minimum absolute atomic E-state index is 0.0731. The molecular formula is C24H14Br2F3N3O5. The van der Waals surface area contributed by atoms with Crippen LogP contribution in [0.15, 0.2) is 69.1 Å². The molecule has 0 bridgehead atoms. The number of alkyl halides is 3. The highest BCUT2D eigenvalue weighted by molar-refractivity contribution is 9.11. The monoisotopic (exact) mass is 639 g/mol. The Morgan fingerprint density at radius 2 is 1.81 bits per heavy atom. The van der Waals surface area contributed by atoms with Crippen molar-refractivity contribution in [3.05, 3.63) is 90.4 Å². The van der Waals surface area contributed by atoms with Gasteiger partial charge in [0.2, 0.25) is 5.75 Å². The molecule has 0 aliphatic heterocycles. The van der Waals surface area contributed by atoms with E-state index in [0.717, 1.165) is 6.07 Å². The van der Waals surface area contributed by atoms with Crippen molar-refractivity contribution in [2.75, 3.05) is 12.4 Å². The zero-order valence-electron chi connectivity index (χ0n) is 18.6. The van der Waals surface area contributed by atoms with Gasteiger partial charge in [-0.3, -0.25) is 14.9 Å². The van der Waals surface area contributed by atoms with Crippen LogP contribution in [0, 0.1) is 21.4 Å². The van der Waals surface area contributed by atoms with E-state index in [1.54, 1.807) is 30.3 Å². The van der Waals surface area contributed by atoms with Crippen molar-refractivity contribution in [2.45, 2.75) is 6.18 Å². The van der Waals surface area contributed by atoms with E-state index in [1.165, 1.54) is 25.3 Å². The minimum atomic E-state index is -4.80. The summed E-state index contributed by atoms with van der Waals surface area (Å²) in [5.41, 5.74) is -1.95. The van der Waals surface area contributed by atoms with Gasteiger partial charge in [-0.05, 0) is 70.5 Å². The zero-order valence-corrected chi connectivity index (χ0v) is 21.8. The van der Waals surface area contributed by atoms with Crippen LogP contribution in [0.5, 0.6) is 17.2 Å². The Morgan fingerprint density at radius 1 is 1.14 bits per heavy atom. The van der Waals surface area contributed by atoms with E-state index < -0.39 is 34.0 Å². The number of nitrogens with zero attached hydrogens (tertiary/aromatic N) is 2. The predicted octanol–water partition coefficient (Wildman–Crippen LogP) is 7.49. The van der Waals surface area contributed by atoms with Crippen LogP contribution < -0.4 is 14.8 Å². The average molecular weight is 641 g/mol. The van der Waals surface area contributed by atoms with Gasteiger partial charge < -0.3 is 14.8 Å². The largest absolute Gasteiger partial charge is 0.497 e. The van der Waals surface area contributed by atoms with E-state index in [9.17, 15) is 33.3 Å². The smallest absolute Gasteiger partial charge is 0.416 e. The first-order valence-electron chi connectivity index (χ1n) is 10.0. The molecule has 8 nitrogen and oxygen atoms in total. The van der Waals surface area contributed by atoms with Gasteiger partial charge in [0.1, 0.15) is 23.1 Å². The molecule has 13 heteroatoms. The molecule has 0 spiro atoms. The van der Waals surface area contributed by atoms with Crippen molar-refractivity contribution in [3.8, 4) is 23.3 Å². The first-order valence-corrected chi connectivity index (χ1v) is 11.6. The van der Waals surface area contributed by atoms with Crippen molar-refractivity contribution in [2.24, 2.45) is 0 Å². The summed E-state index contributed by atoms with van der Waals surface area (Å²) in [5.74, 6) is -0.740. The lowest BCUT2D eigenvalue weighted by Crippen LogP contribution is -2.13. The Bertz CT molecular complexity index is 1440. The molecule has 190 valence electrons. The van der Waals surface area contributed by atoms with Crippen LogP contribution in [0.2, 0.25) is 0 Å². The SMILES string of the molecule is COc1ccc(NC(=O)/C(C#N)=C/c2cc(Br)cc(Br)c2Oc2ccc(C(F)(F)F)cc2[N+](=O)[O-])cc1. The second-order valence-corrected chi connectivity index (χ2v) is 8.97. The molecule has 0 saturated heterocycles. The van der Waals surface area contributed by atoms with Gasteiger partial charge in [0.15, 0.2) is 0 Å². The maximum absolute atomic E-state index is 13.1. The molecule has 1 N–H and O–H groups in total. The lowest BCUT2D eigenvalue weighted by molar-refractivity contribution is -0.385. The molecule has 3 aromatic carbocycles. The summed E-state index contributed by atoms with van der Waals surface area (Å²) in [5, 5.41) is 23.6. The molecule has 0 aromatic heterocycles. The van der Waals surface area contributed by atoms with Crippen molar-refractivity contribution in [1.29, 1.82) is 5.26 Å². The number of carbonyl (C=O) groups excluding carboxylic acids is 1. The average Bonchev–Trinajstić information content (AvgIpc) is 2.84. The number of anilines is 1. The van der Waals surface area contributed by atoms with Gasteiger partial charge >= 0.3 is 11.9 Å². The molecule has 1 amide bonds. The fourth-order valence-corrected chi connectivity index (χ4v) is 4.34. The molecule has 0 aliphatic rings. The third-order valence-electron chi connectivity index (χ3n) is 4.74. The molecule has 37 heavy (non-hydrogen) atoms. The Labute approximate surface area is 224 Å². The number of nitro groups is 1. The number of methoxy groups -OCH3 is 1. The molecule has 0 fully saturated rings. The van der Waals surface area contributed by atoms with Crippen LogP contribution in [0.3, 0.4) is 0 Å². The summed E-state index contributed by atoms with van der Waals surface area (Å²) in [6.07, 6.45) is -3.62. The molecule has 0 aliphatic carbocycles. The number of nitro benzene ring substituents is 1. The van der Waals surface area contributed by atoms with E-state index in [-0.39, 0.29) is 21.4 Å². The van der Waals surface area contributed by atoms with E-state index in [1.807, 2.05) is 0 Å². The third-order valence-corrected chi connectivity index (χ3v) is 5.79. The number of halogens is 5. The molecular weight excluding hydrogens is 627 g/mol. The third kappa shape index (κ3) is 6.87. The second-order valence-electron chi connectivity index (χ2n) is 7.20. The fraction of sp³-hybridized carbons (Fsp3) is 0.0833. The second kappa shape index (κ2) is 11.4. The summed E-state index contributed by atoms with van der Waals surface area (Å²) in [6, 6.07) is 13.0. The van der Waals surface area contributed by atoms with Crippen LogP contribution in [0.1, 0.15) is 11.1 Å². The number of rotatable bonds is 7. The van der Waals surface area contributed by atoms with Gasteiger partial charge in [0.05, 0.1) is 22.1 Å². The number of nitrogens with one attached hydrogen (secondary N) is 1. The fourth-order valence-electron chi connectivity index (χ4n) is 3.00. The Balaban J connectivity index is 2.02. The van der Waals surface area contributed by atoms with Crippen molar-refractivity contribution < 1.29 is 32.4 Å². The number of hydrogen-bond acceptors (Lipinski definition) is 6. The normalized spacial score (nSPS) is 11.4. The van der Waals surface area contributed by atoms with Gasteiger partial charge in [-0.1, -0.05) is 15.9 Å². The van der Waals surface area contributed by atoms with Crippen LogP contribution >= 0.6 is 31.9 Å². The topological polar surface area (TPSA) is 114 Å². The molecule has 3 aromatic rings. The minimum Gasteiger partial charge on any atom is -0.497 e. The standard InChI is InChI=1S/C24H14Br2F3N3O5/c1-36-18-5-3-17(4-6-18)31-23(33)14(12-30)8-13-9-16(25)11-19(26)22(13)37-21-7-2-15(24(27,28)29)10-20(21)32(34)35/h2-11H,1H3,(H,31,33)/b14-8+. The van der Waals surface area contributed by atoms with Crippen LogP contribution in [0.25, 0.3) is 6.08 Å². The molecule has 0 atom stereocenters. The Morgan fingerprint density at radius 3 is 2.38 bits per heavy atom. The van der Waals surface area contributed by atoms with Crippen LogP contribution in [-0.2, 0) is 11.0 Å². The predicted molar refractivity (Wildman–Crippen MR) is 135 cm³/mol. The quantitative estimate of drug-likeness (QED) is 0.124. The number of hydrogen-bond donors (Lipinski definition) is 1. The number of benzene rings is 3. The summed E-state index contributed by atoms with van der Waals surface area (Å²) in [7, 11) is 1.49. The number of amides is 1. The first kappa shape index (κ1) is 27.7. The van der Waals surface area contributed by atoms with E-state index in [4.69, 9.17) is 9.47 Å². The van der Waals surface area contributed by atoms with Crippen molar-refractivity contribution in [3.63, 3.8) is 0 Å². The highest BCUT2D eigenvalue weighted by Crippen LogP contribution is 2.42. The summed E-state index contributed by atoms with van der Waals surface area (Å²) in [6.45, 7) is 0. The van der Waals surface area contributed by atoms with Crippen LogP contribution in [0.4, 0.5) is 24.5 Å². The lowest BCUT2D eigenvalue weighted by atomic mass is 10.1. The Kier molecular flexibility index (Phi) is 8.57. The highest BCUT2D eigenvalue weighted by Gasteiger charge is 2.33. The number of nitriles is 1. The molecule has 0 saturated carbocycles. The van der Waals surface area contributed by atoms with E-state index in [2.05, 4.69) is 37.2 Å². The summed E-state index contributed by atoms with van der Waals surface area (Å²) >= 11 is 6.52. The van der Waals surface area contributed by atoms with Gasteiger partial charge in [-0.15, -0.1) is 0 Å². The van der Waals surface area contributed by atoms with E-state index >= 15 is 0 Å². The van der Waals surface area contributed by atoms with Crippen molar-refractivity contribution >= 4 is 55.2 Å². The van der Waals surface area contributed by atoms with E-state index in [0.29, 0.717) is 28.0 Å². The molecule has 0 unspecified atom stereocenters. The highest BCUT2D eigenvalue weighted by atomic mass is 79.9. The van der Waals surface area contributed by atoms with Gasteiger partial charge in [-0.2, -0.15) is 18.4 Å². The van der Waals surface area contributed by atoms with Gasteiger partial charge in [0, 0.05) is 21.8 Å². The van der Waals surface area contributed by atoms with Gasteiger partial charge in [-0.25, -0.2) is 0 Å².